The Balaban J connectivity index is 1.78. The number of rotatable bonds is 4. The molecular weight excluding hydrogens is 341 g/mol. The molecule has 3 unspecified atom stereocenters. The van der Waals surface area contributed by atoms with E-state index in [1.165, 1.54) is 13.0 Å². The zero-order chi connectivity index (χ0) is 17.4. The molecule has 0 aliphatic carbocycles. The van der Waals surface area contributed by atoms with Crippen molar-refractivity contribution in [3.63, 3.8) is 0 Å². The van der Waals surface area contributed by atoms with Crippen molar-refractivity contribution in [3.8, 4) is 5.75 Å². The topological polar surface area (TPSA) is 91.3 Å². The summed E-state index contributed by atoms with van der Waals surface area (Å²) < 4.78 is 33.7. The maximum Gasteiger partial charge on any atom is 0.531 e. The molecular formula is C14H15BFO7P. The number of halogens is 1. The summed E-state index contributed by atoms with van der Waals surface area (Å²) in [6.45, 7) is 3.01. The molecule has 2 aliphatic rings. The molecule has 1 aromatic rings. The van der Waals surface area contributed by atoms with Crippen molar-refractivity contribution in [2.45, 2.75) is 25.7 Å². The molecule has 0 spiro atoms. The van der Waals surface area contributed by atoms with Crippen LogP contribution in [0.1, 0.15) is 24.2 Å². The van der Waals surface area contributed by atoms with Gasteiger partial charge in [0.05, 0.1) is 6.61 Å². The maximum atomic E-state index is 14.1. The standard InChI is InChI=1S/C14H15BFO7P/c1-3-20-14(18)22-7(2)21-13(17)11-8(16)4-5-9-12(11)23-15(19)10-6-24(9)10/h4-5,7,10,19H,3,6H2,1-2H3. The Morgan fingerprint density at radius 3 is 2.96 bits per heavy atom. The summed E-state index contributed by atoms with van der Waals surface area (Å²) in [4.78, 5) is 23.5. The van der Waals surface area contributed by atoms with Crippen LogP contribution in [0.25, 0.3) is 0 Å². The van der Waals surface area contributed by atoms with Crippen LogP contribution in [-0.2, 0) is 14.2 Å². The Morgan fingerprint density at radius 1 is 1.50 bits per heavy atom. The SMILES string of the molecule is CCOC(=O)OC(C)OC(=O)c1c(F)ccc2c1OB(O)C1CP21. The van der Waals surface area contributed by atoms with Gasteiger partial charge in [-0.3, -0.25) is 0 Å². The number of hydrogen-bond acceptors (Lipinski definition) is 7. The predicted octanol–water partition coefficient (Wildman–Crippen LogP) is 1.40. The fourth-order valence-corrected chi connectivity index (χ4v) is 4.83. The Morgan fingerprint density at radius 2 is 2.25 bits per heavy atom. The average molecular weight is 356 g/mol. The van der Waals surface area contributed by atoms with Crippen molar-refractivity contribution in [1.82, 2.24) is 0 Å². The minimum absolute atomic E-state index is 0.00990. The van der Waals surface area contributed by atoms with Gasteiger partial charge in [-0.05, 0) is 25.2 Å². The Bertz CT molecular complexity index is 685. The van der Waals surface area contributed by atoms with E-state index in [1.807, 2.05) is 0 Å². The molecule has 0 amide bonds. The van der Waals surface area contributed by atoms with E-state index < -0.39 is 44.8 Å². The molecule has 1 aromatic carbocycles. The van der Waals surface area contributed by atoms with Gasteiger partial charge in [-0.1, -0.05) is 7.92 Å². The fraction of sp³-hybridized carbons (Fsp3) is 0.429. The minimum atomic E-state index is -1.26. The lowest BCUT2D eigenvalue weighted by atomic mass is 9.86. The summed E-state index contributed by atoms with van der Waals surface area (Å²) in [5, 5.41) is 10.6. The molecule has 10 heteroatoms. The number of benzene rings is 1. The molecule has 1 saturated heterocycles. The van der Waals surface area contributed by atoms with Crippen LogP contribution in [-0.4, -0.2) is 48.9 Å². The van der Waals surface area contributed by atoms with E-state index in [-0.39, 0.29) is 17.9 Å². The van der Waals surface area contributed by atoms with Crippen molar-refractivity contribution < 1.29 is 37.9 Å². The molecule has 0 bridgehead atoms. The highest BCUT2D eigenvalue weighted by atomic mass is 31.1. The number of hydrogen-bond donors (Lipinski definition) is 1. The molecule has 3 atom stereocenters. The summed E-state index contributed by atoms with van der Waals surface area (Å²) in [5.41, 5.74) is -0.369. The van der Waals surface area contributed by atoms with E-state index in [1.54, 1.807) is 13.0 Å². The quantitative estimate of drug-likeness (QED) is 0.377. The summed E-state index contributed by atoms with van der Waals surface area (Å²) in [6, 6.07) is 2.74. The first-order chi connectivity index (χ1) is 11.4. The van der Waals surface area contributed by atoms with E-state index in [0.717, 1.165) is 11.5 Å². The fourth-order valence-electron chi connectivity index (χ4n) is 2.48. The van der Waals surface area contributed by atoms with E-state index in [0.29, 0.717) is 0 Å². The maximum absolute atomic E-state index is 14.1. The molecule has 0 aromatic heterocycles. The Hall–Kier alpha value is -1.86. The zero-order valence-electron chi connectivity index (χ0n) is 13.0. The second-order valence-corrected chi connectivity index (χ2v) is 7.72. The summed E-state index contributed by atoms with van der Waals surface area (Å²) in [5.74, 6) is -1.86. The van der Waals surface area contributed by atoms with Crippen molar-refractivity contribution >= 4 is 32.5 Å². The van der Waals surface area contributed by atoms with Gasteiger partial charge >= 0.3 is 19.2 Å². The van der Waals surface area contributed by atoms with Crippen LogP contribution in [0.2, 0.25) is 0 Å². The summed E-state index contributed by atoms with van der Waals surface area (Å²) in [7, 11) is -1.68. The van der Waals surface area contributed by atoms with Crippen molar-refractivity contribution in [2.75, 3.05) is 12.8 Å². The second-order valence-electron chi connectivity index (χ2n) is 5.27. The molecule has 0 radical (unpaired) electrons. The monoisotopic (exact) mass is 356 g/mol. The van der Waals surface area contributed by atoms with Gasteiger partial charge in [-0.2, -0.15) is 0 Å². The molecule has 2 aliphatic heterocycles. The van der Waals surface area contributed by atoms with Gasteiger partial charge in [-0.15, -0.1) is 0 Å². The zero-order valence-corrected chi connectivity index (χ0v) is 13.9. The number of esters is 1. The van der Waals surface area contributed by atoms with Gasteiger partial charge < -0.3 is 23.9 Å². The van der Waals surface area contributed by atoms with Crippen LogP contribution < -0.4 is 9.96 Å². The first kappa shape index (κ1) is 17.0. The largest absolute Gasteiger partial charge is 0.535 e. The molecule has 128 valence electrons. The van der Waals surface area contributed by atoms with Gasteiger partial charge in [0.25, 0.3) is 0 Å². The van der Waals surface area contributed by atoms with E-state index in [9.17, 15) is 19.0 Å². The molecule has 24 heavy (non-hydrogen) atoms. The Kier molecular flexibility index (Phi) is 4.65. The van der Waals surface area contributed by atoms with E-state index in [2.05, 4.69) is 4.74 Å². The lowest BCUT2D eigenvalue weighted by Crippen LogP contribution is -2.35. The van der Waals surface area contributed by atoms with Crippen LogP contribution in [0.15, 0.2) is 12.1 Å². The van der Waals surface area contributed by atoms with Crippen molar-refractivity contribution in [1.29, 1.82) is 0 Å². The van der Waals surface area contributed by atoms with E-state index >= 15 is 0 Å². The molecule has 7 nitrogen and oxygen atoms in total. The van der Waals surface area contributed by atoms with Crippen molar-refractivity contribution in [2.24, 2.45) is 0 Å². The Labute approximate surface area is 138 Å². The van der Waals surface area contributed by atoms with Gasteiger partial charge in [0, 0.05) is 17.8 Å². The van der Waals surface area contributed by atoms with Crippen LogP contribution in [0.3, 0.4) is 0 Å². The first-order valence-electron chi connectivity index (χ1n) is 7.40. The molecule has 0 saturated carbocycles. The number of carbonyl (C=O) groups is 2. The highest BCUT2D eigenvalue weighted by Gasteiger charge is 2.54. The number of ether oxygens (including phenoxy) is 3. The third-order valence-electron chi connectivity index (χ3n) is 3.62. The van der Waals surface area contributed by atoms with Crippen LogP contribution in [0.5, 0.6) is 5.75 Å². The van der Waals surface area contributed by atoms with Crippen molar-refractivity contribution in [3.05, 3.63) is 23.5 Å². The van der Waals surface area contributed by atoms with Gasteiger partial charge in [0.15, 0.2) is 0 Å². The third-order valence-corrected chi connectivity index (χ3v) is 6.14. The highest BCUT2D eigenvalue weighted by Crippen LogP contribution is 2.62. The molecule has 2 heterocycles. The molecule has 3 rings (SSSR count). The second kappa shape index (κ2) is 6.57. The average Bonchev–Trinajstić information content (AvgIpc) is 3.28. The normalized spacial score (nSPS) is 21.8. The molecule has 1 N–H and O–H groups in total. The smallest absolute Gasteiger partial charge is 0.531 e. The first-order valence-corrected chi connectivity index (χ1v) is 9.00. The minimum Gasteiger partial charge on any atom is -0.535 e. The number of carbonyl (C=O) groups excluding carboxylic acids is 2. The summed E-state index contributed by atoms with van der Waals surface area (Å²) >= 11 is 0. The van der Waals surface area contributed by atoms with Crippen LogP contribution >= 0.6 is 7.92 Å². The van der Waals surface area contributed by atoms with E-state index in [4.69, 9.17) is 14.1 Å². The van der Waals surface area contributed by atoms with Gasteiger partial charge in [0.2, 0.25) is 6.29 Å². The summed E-state index contributed by atoms with van der Waals surface area (Å²) in [6.07, 6.45) is -1.48. The lowest BCUT2D eigenvalue weighted by molar-refractivity contribution is -0.0813. The van der Waals surface area contributed by atoms with Crippen LogP contribution in [0.4, 0.5) is 9.18 Å². The third kappa shape index (κ3) is 3.19. The number of fused-ring (bicyclic) bond motifs is 3. The molecule has 1 fully saturated rings. The predicted molar refractivity (Wildman–Crippen MR) is 83.2 cm³/mol. The van der Waals surface area contributed by atoms with Gasteiger partial charge in [-0.25, -0.2) is 14.0 Å². The van der Waals surface area contributed by atoms with Crippen LogP contribution in [0, 0.1) is 5.82 Å². The highest BCUT2D eigenvalue weighted by molar-refractivity contribution is 7.76. The lowest BCUT2D eigenvalue weighted by Gasteiger charge is -2.22. The van der Waals surface area contributed by atoms with Gasteiger partial charge in [0.1, 0.15) is 17.1 Å².